The van der Waals surface area contributed by atoms with Gasteiger partial charge in [0, 0.05) is 68.2 Å². The lowest BCUT2D eigenvalue weighted by atomic mass is 10.0. The predicted octanol–water partition coefficient (Wildman–Crippen LogP) is 5.87. The zero-order valence-corrected chi connectivity index (χ0v) is 24.4. The zero-order valence-electron chi connectivity index (χ0n) is 23.6. The van der Waals surface area contributed by atoms with Crippen LogP contribution in [-0.4, -0.2) is 81.1 Å². The number of nitrogens with zero attached hydrogens (tertiary/aromatic N) is 6. The summed E-state index contributed by atoms with van der Waals surface area (Å²) in [5.74, 6) is -0.954. The molecule has 0 saturated carbocycles. The van der Waals surface area contributed by atoms with Crippen molar-refractivity contribution in [2.45, 2.75) is 65.7 Å². The van der Waals surface area contributed by atoms with Crippen molar-refractivity contribution in [2.75, 3.05) is 44.2 Å². The van der Waals surface area contributed by atoms with E-state index in [1.807, 2.05) is 6.07 Å². The minimum Gasteiger partial charge on any atom is -0.481 e. The van der Waals surface area contributed by atoms with Crippen LogP contribution in [-0.2, 0) is 23.9 Å². The summed E-state index contributed by atoms with van der Waals surface area (Å²) >= 11 is 1.43. The number of hydrogen-bond acceptors (Lipinski definition) is 8. The number of aromatic nitrogens is 3. The lowest BCUT2D eigenvalue weighted by molar-refractivity contribution is -0.138. The van der Waals surface area contributed by atoms with Crippen molar-refractivity contribution in [1.29, 1.82) is 0 Å². The molecule has 2 fully saturated rings. The third kappa shape index (κ3) is 7.87. The van der Waals surface area contributed by atoms with E-state index in [4.69, 9.17) is 10.1 Å². The van der Waals surface area contributed by atoms with Gasteiger partial charge >= 0.3 is 12.1 Å². The lowest BCUT2D eigenvalue weighted by Crippen LogP contribution is -2.47. The minimum atomic E-state index is -4.68. The molecule has 2 aliphatic rings. The van der Waals surface area contributed by atoms with Gasteiger partial charge in [0.05, 0.1) is 28.4 Å². The molecule has 0 radical (unpaired) electrons. The van der Waals surface area contributed by atoms with Gasteiger partial charge in [-0.25, -0.2) is 19.3 Å². The Balaban J connectivity index is 0.00000423. The van der Waals surface area contributed by atoms with Gasteiger partial charge < -0.3 is 10.0 Å². The normalized spacial score (nSPS) is 18.2. The van der Waals surface area contributed by atoms with Gasteiger partial charge in [0.15, 0.2) is 0 Å². The SMILES string of the molecule is C.Cc1c(F)cc(-c2nc(Cc3cc(N4CCN(CCC(=O)O)CC4)ncn3)sc2CN2CCC[C@H]2C)cc1C(F)(F)F. The van der Waals surface area contributed by atoms with E-state index in [0.717, 1.165) is 67.9 Å². The Labute approximate surface area is 253 Å². The molecular formula is C30H38F4N6O2S. The molecule has 234 valence electrons. The fourth-order valence-corrected chi connectivity index (χ4v) is 6.73. The molecule has 3 aromatic rings. The van der Waals surface area contributed by atoms with Crippen molar-refractivity contribution in [3.05, 3.63) is 57.0 Å². The van der Waals surface area contributed by atoms with Gasteiger partial charge in [-0.15, -0.1) is 11.3 Å². The molecule has 43 heavy (non-hydrogen) atoms. The highest BCUT2D eigenvalue weighted by Crippen LogP contribution is 2.38. The van der Waals surface area contributed by atoms with Gasteiger partial charge in [-0.3, -0.25) is 14.6 Å². The van der Waals surface area contributed by atoms with E-state index in [9.17, 15) is 22.4 Å². The highest BCUT2D eigenvalue weighted by atomic mass is 32.1. The number of alkyl halides is 3. The first-order valence-electron chi connectivity index (χ1n) is 14.1. The monoisotopic (exact) mass is 622 g/mol. The summed E-state index contributed by atoms with van der Waals surface area (Å²) < 4.78 is 56.0. The number of carboxylic acid groups (broad SMARTS) is 1. The quantitative estimate of drug-likeness (QED) is 0.297. The van der Waals surface area contributed by atoms with Gasteiger partial charge in [0.1, 0.15) is 18.0 Å². The molecule has 4 heterocycles. The van der Waals surface area contributed by atoms with Crippen molar-refractivity contribution in [1.82, 2.24) is 24.8 Å². The lowest BCUT2D eigenvalue weighted by Gasteiger charge is -2.35. The number of carbonyl (C=O) groups is 1. The maximum absolute atomic E-state index is 14.7. The number of aliphatic carboxylic acids is 1. The van der Waals surface area contributed by atoms with Crippen molar-refractivity contribution < 1.29 is 27.5 Å². The van der Waals surface area contributed by atoms with E-state index in [0.29, 0.717) is 49.3 Å². The smallest absolute Gasteiger partial charge is 0.416 e. The van der Waals surface area contributed by atoms with Crippen LogP contribution in [0.3, 0.4) is 0 Å². The summed E-state index contributed by atoms with van der Waals surface area (Å²) in [6.07, 6.45) is -0.607. The van der Waals surface area contributed by atoms with Crippen molar-refractivity contribution in [2.24, 2.45) is 0 Å². The number of likely N-dealkylation sites (tertiary alicyclic amines) is 1. The highest BCUT2D eigenvalue weighted by Gasteiger charge is 2.35. The van der Waals surface area contributed by atoms with E-state index in [2.05, 4.69) is 31.6 Å². The third-order valence-corrected chi connectivity index (χ3v) is 9.12. The molecule has 0 aliphatic carbocycles. The van der Waals surface area contributed by atoms with E-state index in [-0.39, 0.29) is 19.4 Å². The van der Waals surface area contributed by atoms with Crippen LogP contribution in [0.2, 0.25) is 0 Å². The first kappa shape index (κ1) is 32.7. The summed E-state index contributed by atoms with van der Waals surface area (Å²) in [6, 6.07) is 4.40. The predicted molar refractivity (Wildman–Crippen MR) is 159 cm³/mol. The Hall–Kier alpha value is -3.16. The molecule has 1 aromatic carbocycles. The number of thiazole rings is 1. The molecule has 1 N–H and O–H groups in total. The molecular weight excluding hydrogens is 584 g/mol. The summed E-state index contributed by atoms with van der Waals surface area (Å²) in [4.78, 5) is 31.8. The number of halogens is 4. The second-order valence-corrected chi connectivity index (χ2v) is 12.2. The van der Waals surface area contributed by atoms with Crippen LogP contribution in [0.4, 0.5) is 23.4 Å². The van der Waals surface area contributed by atoms with Gasteiger partial charge in [0.25, 0.3) is 0 Å². The number of anilines is 1. The molecule has 0 bridgehead atoms. The first-order chi connectivity index (χ1) is 20.0. The Kier molecular flexibility index (Phi) is 10.4. The minimum absolute atomic E-state index is 0. The highest BCUT2D eigenvalue weighted by molar-refractivity contribution is 7.12. The van der Waals surface area contributed by atoms with Crippen molar-refractivity contribution >= 4 is 23.1 Å². The molecule has 2 aromatic heterocycles. The van der Waals surface area contributed by atoms with E-state index in [1.165, 1.54) is 17.7 Å². The molecule has 8 nitrogen and oxygen atoms in total. The van der Waals surface area contributed by atoms with Crippen molar-refractivity contribution in [3.8, 4) is 11.3 Å². The maximum Gasteiger partial charge on any atom is 0.416 e. The molecule has 13 heteroatoms. The van der Waals surface area contributed by atoms with Gasteiger partial charge in [-0.2, -0.15) is 13.2 Å². The molecule has 1 atom stereocenters. The maximum atomic E-state index is 14.7. The van der Waals surface area contributed by atoms with E-state index < -0.39 is 29.1 Å². The second kappa shape index (κ2) is 13.6. The fourth-order valence-electron chi connectivity index (χ4n) is 5.60. The first-order valence-corrected chi connectivity index (χ1v) is 14.9. The van der Waals surface area contributed by atoms with E-state index >= 15 is 0 Å². The van der Waals surface area contributed by atoms with Crippen LogP contribution < -0.4 is 4.90 Å². The number of rotatable bonds is 9. The second-order valence-electron chi connectivity index (χ2n) is 11.0. The summed E-state index contributed by atoms with van der Waals surface area (Å²) in [5.41, 5.74) is -0.186. The fraction of sp³-hybridized carbons (Fsp3) is 0.533. The molecule has 2 aliphatic heterocycles. The topological polar surface area (TPSA) is 85.7 Å². The molecule has 5 rings (SSSR count). The number of piperazine rings is 1. The van der Waals surface area contributed by atoms with Crippen LogP contribution in [0, 0.1) is 12.7 Å². The molecule has 0 unspecified atom stereocenters. The Morgan fingerprint density at radius 1 is 1.12 bits per heavy atom. The van der Waals surface area contributed by atoms with E-state index in [1.54, 1.807) is 0 Å². The number of hydrogen-bond donors (Lipinski definition) is 1. The number of benzene rings is 1. The van der Waals surface area contributed by atoms with Gasteiger partial charge in [-0.05, 0) is 50.9 Å². The average Bonchev–Trinajstić information content (AvgIpc) is 3.54. The van der Waals surface area contributed by atoms with Gasteiger partial charge in [-0.1, -0.05) is 7.43 Å². The largest absolute Gasteiger partial charge is 0.481 e. The third-order valence-electron chi connectivity index (χ3n) is 8.08. The Morgan fingerprint density at radius 2 is 1.86 bits per heavy atom. The zero-order chi connectivity index (χ0) is 30.0. The Morgan fingerprint density at radius 3 is 2.51 bits per heavy atom. The molecule has 2 saturated heterocycles. The molecule has 0 amide bonds. The van der Waals surface area contributed by atoms with Crippen LogP contribution >= 0.6 is 11.3 Å². The summed E-state index contributed by atoms with van der Waals surface area (Å²) in [5, 5.41) is 9.62. The standard InChI is InChI=1S/C29H34F4N6O2S.CH4/c1-18-4-3-6-39(18)16-24-28(20-12-22(29(31,32)33)19(2)23(30)13-20)36-26(42-24)15-21-14-25(35-17-34-21)38-10-8-37(9-11-38)7-5-27(40)41;/h12-14,17-18H,3-11,15-16H2,1-2H3,(H,40,41);1H4/t18-;/m1./s1. The number of carboxylic acids is 1. The molecule has 0 spiro atoms. The summed E-state index contributed by atoms with van der Waals surface area (Å²) in [6.45, 7) is 8.08. The van der Waals surface area contributed by atoms with Crippen LogP contribution in [0.15, 0.2) is 24.5 Å². The Bertz CT molecular complexity index is 1420. The van der Waals surface area contributed by atoms with Crippen LogP contribution in [0.25, 0.3) is 11.3 Å². The summed E-state index contributed by atoms with van der Waals surface area (Å²) in [7, 11) is 0. The van der Waals surface area contributed by atoms with Crippen molar-refractivity contribution in [3.63, 3.8) is 0 Å². The van der Waals surface area contributed by atoms with Gasteiger partial charge in [0.2, 0.25) is 0 Å². The van der Waals surface area contributed by atoms with Crippen LogP contribution in [0.5, 0.6) is 0 Å². The van der Waals surface area contributed by atoms with Crippen LogP contribution in [0.1, 0.15) is 60.3 Å². The average molecular weight is 623 g/mol.